The third kappa shape index (κ3) is 2.99. The second kappa shape index (κ2) is 4.78. The molecule has 0 aromatic heterocycles. The van der Waals surface area contributed by atoms with Gasteiger partial charge in [0.25, 0.3) is 0 Å². The van der Waals surface area contributed by atoms with E-state index in [9.17, 15) is 4.79 Å². The lowest BCUT2D eigenvalue weighted by molar-refractivity contribution is -0.138. The van der Waals surface area contributed by atoms with Crippen molar-refractivity contribution in [1.82, 2.24) is 0 Å². The standard InChI is InChI=1S/C14H18O3/c1-9(2)8-17-11-5-3-10(4-6-11)12-7-13(12)14(15)16/h3-6,9,12-13H,7-8H2,1-2H3,(H,15,16). The highest BCUT2D eigenvalue weighted by Gasteiger charge is 2.43. The molecule has 1 saturated carbocycles. The number of hydrogen-bond acceptors (Lipinski definition) is 2. The lowest BCUT2D eigenvalue weighted by Gasteiger charge is -2.09. The third-order valence-electron chi connectivity index (χ3n) is 3.00. The molecule has 92 valence electrons. The van der Waals surface area contributed by atoms with Crippen LogP contribution in [-0.4, -0.2) is 17.7 Å². The number of rotatable bonds is 5. The van der Waals surface area contributed by atoms with Gasteiger partial charge in [0.15, 0.2) is 0 Å². The van der Waals surface area contributed by atoms with Gasteiger partial charge in [-0.2, -0.15) is 0 Å². The zero-order valence-electron chi connectivity index (χ0n) is 10.2. The van der Waals surface area contributed by atoms with Crippen molar-refractivity contribution in [2.24, 2.45) is 11.8 Å². The van der Waals surface area contributed by atoms with Crippen LogP contribution in [0.15, 0.2) is 24.3 Å². The Hall–Kier alpha value is -1.51. The van der Waals surface area contributed by atoms with Crippen LogP contribution in [0, 0.1) is 11.8 Å². The van der Waals surface area contributed by atoms with Crippen LogP contribution in [0.5, 0.6) is 5.75 Å². The van der Waals surface area contributed by atoms with E-state index in [4.69, 9.17) is 9.84 Å². The minimum atomic E-state index is -0.685. The lowest BCUT2D eigenvalue weighted by Crippen LogP contribution is -2.04. The fourth-order valence-electron chi connectivity index (χ4n) is 1.91. The second-order valence-corrected chi connectivity index (χ2v) is 5.06. The first-order chi connectivity index (χ1) is 8.08. The minimum Gasteiger partial charge on any atom is -0.493 e. The number of hydrogen-bond donors (Lipinski definition) is 1. The molecule has 2 atom stereocenters. The molecule has 1 aliphatic rings. The topological polar surface area (TPSA) is 46.5 Å². The summed E-state index contributed by atoms with van der Waals surface area (Å²) in [6.45, 7) is 4.92. The van der Waals surface area contributed by atoms with Gasteiger partial charge in [-0.25, -0.2) is 0 Å². The van der Waals surface area contributed by atoms with Crippen molar-refractivity contribution >= 4 is 5.97 Å². The minimum absolute atomic E-state index is 0.183. The van der Waals surface area contributed by atoms with E-state index < -0.39 is 5.97 Å². The molecule has 1 aliphatic carbocycles. The zero-order valence-corrected chi connectivity index (χ0v) is 10.2. The van der Waals surface area contributed by atoms with Gasteiger partial charge in [-0.1, -0.05) is 26.0 Å². The molecule has 0 bridgehead atoms. The Balaban J connectivity index is 1.93. The van der Waals surface area contributed by atoms with Crippen LogP contribution in [0.4, 0.5) is 0 Å². The number of carboxylic acid groups (broad SMARTS) is 1. The molecule has 0 spiro atoms. The van der Waals surface area contributed by atoms with E-state index in [1.807, 2.05) is 24.3 Å². The van der Waals surface area contributed by atoms with Crippen molar-refractivity contribution in [3.63, 3.8) is 0 Å². The Morgan fingerprint density at radius 1 is 1.41 bits per heavy atom. The third-order valence-corrected chi connectivity index (χ3v) is 3.00. The molecule has 1 fully saturated rings. The fourth-order valence-corrected chi connectivity index (χ4v) is 1.91. The first-order valence-electron chi connectivity index (χ1n) is 6.03. The van der Waals surface area contributed by atoms with E-state index in [-0.39, 0.29) is 11.8 Å². The van der Waals surface area contributed by atoms with Crippen LogP contribution < -0.4 is 4.74 Å². The second-order valence-electron chi connectivity index (χ2n) is 5.06. The van der Waals surface area contributed by atoms with Gasteiger partial charge in [0.1, 0.15) is 5.75 Å². The average Bonchev–Trinajstić information content (AvgIpc) is 3.07. The molecule has 3 nitrogen and oxygen atoms in total. The molecule has 3 heteroatoms. The van der Waals surface area contributed by atoms with E-state index in [1.54, 1.807) is 0 Å². The van der Waals surface area contributed by atoms with E-state index in [0.29, 0.717) is 12.5 Å². The van der Waals surface area contributed by atoms with Gasteiger partial charge < -0.3 is 9.84 Å². The predicted octanol–water partition coefficient (Wildman–Crippen LogP) is 2.91. The molecular formula is C14H18O3. The summed E-state index contributed by atoms with van der Waals surface area (Å²) in [6, 6.07) is 7.80. The Kier molecular flexibility index (Phi) is 3.36. The first-order valence-corrected chi connectivity index (χ1v) is 6.03. The summed E-state index contributed by atoms with van der Waals surface area (Å²) in [5, 5.41) is 8.86. The van der Waals surface area contributed by atoms with Gasteiger partial charge in [-0.15, -0.1) is 0 Å². The Bertz CT molecular complexity index is 394. The van der Waals surface area contributed by atoms with Gasteiger partial charge in [0.05, 0.1) is 12.5 Å². The molecule has 0 heterocycles. The molecule has 0 amide bonds. The molecule has 1 aromatic carbocycles. The average molecular weight is 234 g/mol. The first kappa shape index (κ1) is 12.0. The summed E-state index contributed by atoms with van der Waals surface area (Å²) < 4.78 is 5.58. The normalized spacial score (nSPS) is 22.5. The van der Waals surface area contributed by atoms with Gasteiger partial charge >= 0.3 is 5.97 Å². The molecule has 0 radical (unpaired) electrons. The van der Waals surface area contributed by atoms with Crippen molar-refractivity contribution in [2.75, 3.05) is 6.61 Å². The number of carboxylic acids is 1. The van der Waals surface area contributed by atoms with Crippen molar-refractivity contribution < 1.29 is 14.6 Å². The molecule has 0 aliphatic heterocycles. The molecular weight excluding hydrogens is 216 g/mol. The number of ether oxygens (including phenoxy) is 1. The van der Waals surface area contributed by atoms with E-state index in [1.165, 1.54) is 0 Å². The lowest BCUT2D eigenvalue weighted by atomic mass is 10.1. The van der Waals surface area contributed by atoms with Crippen molar-refractivity contribution in [1.29, 1.82) is 0 Å². The van der Waals surface area contributed by atoms with Crippen LogP contribution in [0.25, 0.3) is 0 Å². The molecule has 1 aromatic rings. The van der Waals surface area contributed by atoms with Gasteiger partial charge in [-0.05, 0) is 36.0 Å². The molecule has 0 saturated heterocycles. The zero-order chi connectivity index (χ0) is 12.4. The molecule has 17 heavy (non-hydrogen) atoms. The summed E-state index contributed by atoms with van der Waals surface area (Å²) in [5.41, 5.74) is 1.11. The summed E-state index contributed by atoms with van der Waals surface area (Å²) in [6.07, 6.45) is 0.765. The van der Waals surface area contributed by atoms with Crippen molar-refractivity contribution in [2.45, 2.75) is 26.2 Å². The highest BCUT2D eigenvalue weighted by molar-refractivity contribution is 5.75. The van der Waals surface area contributed by atoms with Crippen molar-refractivity contribution in [3.05, 3.63) is 29.8 Å². The summed E-state index contributed by atoms with van der Waals surface area (Å²) in [7, 11) is 0. The predicted molar refractivity (Wildman–Crippen MR) is 65.3 cm³/mol. The van der Waals surface area contributed by atoms with Crippen LogP contribution in [-0.2, 0) is 4.79 Å². The number of aliphatic carboxylic acids is 1. The SMILES string of the molecule is CC(C)COc1ccc(C2CC2C(=O)O)cc1. The smallest absolute Gasteiger partial charge is 0.307 e. The van der Waals surface area contributed by atoms with E-state index >= 15 is 0 Å². The van der Waals surface area contributed by atoms with E-state index in [0.717, 1.165) is 17.7 Å². The Morgan fingerprint density at radius 3 is 2.53 bits per heavy atom. The largest absolute Gasteiger partial charge is 0.493 e. The summed E-state index contributed by atoms with van der Waals surface area (Å²) in [4.78, 5) is 10.8. The number of carbonyl (C=O) groups is 1. The maximum Gasteiger partial charge on any atom is 0.307 e. The van der Waals surface area contributed by atoms with Crippen LogP contribution in [0.1, 0.15) is 31.7 Å². The monoisotopic (exact) mass is 234 g/mol. The van der Waals surface area contributed by atoms with Gasteiger partial charge in [0, 0.05) is 0 Å². The molecule has 2 rings (SSSR count). The fraction of sp³-hybridized carbons (Fsp3) is 0.500. The van der Waals surface area contributed by atoms with E-state index in [2.05, 4.69) is 13.8 Å². The molecule has 2 unspecified atom stereocenters. The van der Waals surface area contributed by atoms with Crippen molar-refractivity contribution in [3.8, 4) is 5.75 Å². The maximum atomic E-state index is 10.8. The van der Waals surface area contributed by atoms with Gasteiger partial charge in [0.2, 0.25) is 0 Å². The van der Waals surface area contributed by atoms with Crippen LogP contribution >= 0.6 is 0 Å². The quantitative estimate of drug-likeness (QED) is 0.852. The molecule has 1 N–H and O–H groups in total. The number of benzene rings is 1. The maximum absolute atomic E-state index is 10.8. The highest BCUT2D eigenvalue weighted by Crippen LogP contribution is 2.47. The summed E-state index contributed by atoms with van der Waals surface area (Å²) in [5.74, 6) is 0.698. The highest BCUT2D eigenvalue weighted by atomic mass is 16.5. The summed E-state index contributed by atoms with van der Waals surface area (Å²) >= 11 is 0. The van der Waals surface area contributed by atoms with Crippen LogP contribution in [0.2, 0.25) is 0 Å². The van der Waals surface area contributed by atoms with Gasteiger partial charge in [-0.3, -0.25) is 4.79 Å². The Labute approximate surface area is 101 Å². The Morgan fingerprint density at radius 2 is 2.06 bits per heavy atom. The van der Waals surface area contributed by atoms with Crippen LogP contribution in [0.3, 0.4) is 0 Å².